The molecule has 1 N–H and O–H groups in total. The zero-order valence-electron chi connectivity index (χ0n) is 12.0. The molecule has 1 aromatic heterocycles. The number of nitrogens with one attached hydrogen (secondary N) is 1. The molecule has 0 aliphatic heterocycles. The molecule has 1 fully saturated rings. The molecule has 0 bridgehead atoms. The summed E-state index contributed by atoms with van der Waals surface area (Å²) in [5.74, 6) is 1.76. The van der Waals surface area contributed by atoms with E-state index < -0.39 is 0 Å². The van der Waals surface area contributed by atoms with Gasteiger partial charge < -0.3 is 5.32 Å². The van der Waals surface area contributed by atoms with E-state index in [0.717, 1.165) is 11.8 Å². The molecular formula is C16H27NS. The Balaban J connectivity index is 1.93. The van der Waals surface area contributed by atoms with Gasteiger partial charge in [-0.1, -0.05) is 25.7 Å². The van der Waals surface area contributed by atoms with Crippen LogP contribution in [-0.2, 0) is 6.42 Å². The van der Waals surface area contributed by atoms with Crippen molar-refractivity contribution in [2.24, 2.45) is 11.8 Å². The van der Waals surface area contributed by atoms with E-state index >= 15 is 0 Å². The normalized spacial score (nSPS) is 19.3. The third-order valence-corrected chi connectivity index (χ3v) is 4.77. The van der Waals surface area contributed by atoms with Gasteiger partial charge in [-0.3, -0.25) is 0 Å². The summed E-state index contributed by atoms with van der Waals surface area (Å²) in [6.07, 6.45) is 7.04. The second-order valence-electron chi connectivity index (χ2n) is 6.77. The maximum absolute atomic E-state index is 3.71. The largest absolute Gasteiger partial charge is 0.312 e. The van der Waals surface area contributed by atoms with E-state index in [-0.39, 0.29) is 5.54 Å². The van der Waals surface area contributed by atoms with Gasteiger partial charge in [0.25, 0.3) is 0 Å². The van der Waals surface area contributed by atoms with Gasteiger partial charge >= 0.3 is 0 Å². The molecule has 2 rings (SSSR count). The van der Waals surface area contributed by atoms with Crippen LogP contribution in [0.15, 0.2) is 16.8 Å². The Hall–Kier alpha value is -0.340. The first-order valence-corrected chi connectivity index (χ1v) is 8.25. The highest BCUT2D eigenvalue weighted by Crippen LogP contribution is 2.33. The molecule has 1 aromatic rings. The van der Waals surface area contributed by atoms with Gasteiger partial charge in [0, 0.05) is 5.54 Å². The lowest BCUT2D eigenvalue weighted by atomic mass is 9.85. The van der Waals surface area contributed by atoms with Crippen molar-refractivity contribution in [2.75, 3.05) is 6.54 Å². The molecule has 102 valence electrons. The molecule has 0 radical (unpaired) electrons. The highest BCUT2D eigenvalue weighted by molar-refractivity contribution is 7.07. The van der Waals surface area contributed by atoms with Gasteiger partial charge in [-0.05, 0) is 68.0 Å². The highest BCUT2D eigenvalue weighted by Gasteiger charge is 2.26. The van der Waals surface area contributed by atoms with Gasteiger partial charge in [-0.15, -0.1) is 0 Å². The van der Waals surface area contributed by atoms with E-state index in [2.05, 4.69) is 42.9 Å². The van der Waals surface area contributed by atoms with E-state index in [4.69, 9.17) is 0 Å². The predicted octanol–water partition coefficient (Wildman–Crippen LogP) is 4.49. The van der Waals surface area contributed by atoms with E-state index in [1.165, 1.54) is 44.2 Å². The van der Waals surface area contributed by atoms with E-state index in [9.17, 15) is 0 Å². The van der Waals surface area contributed by atoms with Gasteiger partial charge in [0.1, 0.15) is 0 Å². The van der Waals surface area contributed by atoms with Crippen LogP contribution >= 0.6 is 11.3 Å². The van der Waals surface area contributed by atoms with Crippen molar-refractivity contribution in [1.29, 1.82) is 0 Å². The van der Waals surface area contributed by atoms with Crippen molar-refractivity contribution in [2.45, 2.75) is 58.4 Å². The molecular weight excluding hydrogens is 238 g/mol. The average molecular weight is 265 g/mol. The van der Waals surface area contributed by atoms with Gasteiger partial charge in [0.15, 0.2) is 0 Å². The smallest absolute Gasteiger partial charge is 0.00966 e. The van der Waals surface area contributed by atoms with Crippen LogP contribution in [0.5, 0.6) is 0 Å². The topological polar surface area (TPSA) is 12.0 Å². The van der Waals surface area contributed by atoms with Crippen molar-refractivity contribution in [3.63, 3.8) is 0 Å². The summed E-state index contributed by atoms with van der Waals surface area (Å²) in [4.78, 5) is 0. The molecule has 18 heavy (non-hydrogen) atoms. The minimum atomic E-state index is 0.242. The lowest BCUT2D eigenvalue weighted by Gasteiger charge is -2.28. The van der Waals surface area contributed by atoms with Crippen LogP contribution in [0.3, 0.4) is 0 Å². The fraction of sp³-hybridized carbons (Fsp3) is 0.750. The molecule has 0 aromatic carbocycles. The van der Waals surface area contributed by atoms with Gasteiger partial charge in [0.2, 0.25) is 0 Å². The van der Waals surface area contributed by atoms with E-state index in [1.807, 2.05) is 11.3 Å². The lowest BCUT2D eigenvalue weighted by Crippen LogP contribution is -2.41. The summed E-state index contributed by atoms with van der Waals surface area (Å²) in [6, 6.07) is 2.30. The summed E-state index contributed by atoms with van der Waals surface area (Å²) in [5.41, 5.74) is 1.78. The molecule has 1 aliphatic carbocycles. The van der Waals surface area contributed by atoms with E-state index in [0.29, 0.717) is 0 Å². The van der Waals surface area contributed by atoms with Gasteiger partial charge in [-0.25, -0.2) is 0 Å². The fourth-order valence-electron chi connectivity index (χ4n) is 2.98. The van der Waals surface area contributed by atoms with Crippen molar-refractivity contribution in [3.8, 4) is 0 Å². The van der Waals surface area contributed by atoms with Crippen molar-refractivity contribution >= 4 is 11.3 Å². The monoisotopic (exact) mass is 265 g/mol. The second-order valence-corrected chi connectivity index (χ2v) is 7.55. The molecule has 0 amide bonds. The van der Waals surface area contributed by atoms with Crippen LogP contribution < -0.4 is 5.32 Å². The van der Waals surface area contributed by atoms with Crippen molar-refractivity contribution < 1.29 is 0 Å². The number of thiophene rings is 1. The highest BCUT2D eigenvalue weighted by atomic mass is 32.1. The maximum atomic E-state index is 3.71. The Morgan fingerprint density at radius 2 is 2.06 bits per heavy atom. The van der Waals surface area contributed by atoms with Crippen LogP contribution in [0.1, 0.15) is 52.0 Å². The second kappa shape index (κ2) is 6.21. The Morgan fingerprint density at radius 1 is 1.33 bits per heavy atom. The summed E-state index contributed by atoms with van der Waals surface area (Å²) < 4.78 is 0. The average Bonchev–Trinajstić information content (AvgIpc) is 2.95. The summed E-state index contributed by atoms with van der Waals surface area (Å²) in [6.45, 7) is 7.97. The minimum absolute atomic E-state index is 0.242. The van der Waals surface area contributed by atoms with Gasteiger partial charge in [0.05, 0.1) is 0 Å². The number of hydrogen-bond acceptors (Lipinski definition) is 2. The molecule has 1 saturated carbocycles. The number of rotatable bonds is 5. The van der Waals surface area contributed by atoms with Gasteiger partial charge in [-0.2, -0.15) is 11.3 Å². The predicted molar refractivity (Wildman–Crippen MR) is 81.2 cm³/mol. The zero-order chi connectivity index (χ0) is 13.0. The van der Waals surface area contributed by atoms with Crippen LogP contribution in [0.25, 0.3) is 0 Å². The molecule has 1 unspecified atom stereocenters. The molecule has 1 atom stereocenters. The zero-order valence-corrected chi connectivity index (χ0v) is 12.9. The lowest BCUT2D eigenvalue weighted by molar-refractivity contribution is 0.287. The Labute approximate surface area is 116 Å². The van der Waals surface area contributed by atoms with Crippen LogP contribution in [-0.4, -0.2) is 12.1 Å². The first-order chi connectivity index (χ1) is 8.54. The molecule has 0 spiro atoms. The van der Waals surface area contributed by atoms with Crippen molar-refractivity contribution in [1.82, 2.24) is 5.32 Å². The fourth-order valence-corrected chi connectivity index (χ4v) is 3.66. The van der Waals surface area contributed by atoms with Crippen LogP contribution in [0, 0.1) is 11.8 Å². The Bertz CT molecular complexity index is 330. The first-order valence-electron chi connectivity index (χ1n) is 7.31. The quantitative estimate of drug-likeness (QED) is 0.827. The Morgan fingerprint density at radius 3 is 2.61 bits per heavy atom. The SMILES string of the molecule is CC(C)(C)NCC(Cc1ccsc1)C1CCCC1. The molecule has 1 nitrogen and oxygen atoms in total. The molecule has 1 heterocycles. The van der Waals surface area contributed by atoms with Crippen LogP contribution in [0.2, 0.25) is 0 Å². The molecule has 0 saturated heterocycles. The third kappa shape index (κ3) is 4.40. The Kier molecular flexibility index (Phi) is 4.85. The summed E-state index contributed by atoms with van der Waals surface area (Å²) in [5, 5.41) is 8.24. The third-order valence-electron chi connectivity index (χ3n) is 4.04. The van der Waals surface area contributed by atoms with E-state index in [1.54, 1.807) is 0 Å². The maximum Gasteiger partial charge on any atom is 0.00966 e. The number of hydrogen-bond donors (Lipinski definition) is 1. The van der Waals surface area contributed by atoms with Crippen molar-refractivity contribution in [3.05, 3.63) is 22.4 Å². The molecule has 1 aliphatic rings. The standard InChI is InChI=1S/C16H27NS/c1-16(2,3)17-11-15(14-6-4-5-7-14)10-13-8-9-18-12-13/h8-9,12,14-15,17H,4-7,10-11H2,1-3H3. The summed E-state index contributed by atoms with van der Waals surface area (Å²) in [7, 11) is 0. The first kappa shape index (κ1) is 14.1. The molecule has 2 heteroatoms. The van der Waals surface area contributed by atoms with Crippen LogP contribution in [0.4, 0.5) is 0 Å². The minimum Gasteiger partial charge on any atom is -0.312 e. The summed E-state index contributed by atoms with van der Waals surface area (Å²) >= 11 is 1.83.